The maximum Gasteiger partial charge on any atom is 0.0639 e. The fourth-order valence-electron chi connectivity index (χ4n) is 0.736. The average molecular weight is 147 g/mol. The van der Waals surface area contributed by atoms with E-state index in [0.717, 1.165) is 0 Å². The molecule has 0 aliphatic heterocycles. The highest BCUT2D eigenvalue weighted by molar-refractivity contribution is 4.63. The van der Waals surface area contributed by atoms with Gasteiger partial charge >= 0.3 is 0 Å². The molecule has 10 heavy (non-hydrogen) atoms. The molecule has 0 amide bonds. The number of hydrogen-bond donors (Lipinski definition) is 2. The van der Waals surface area contributed by atoms with Crippen LogP contribution >= 0.6 is 0 Å². The van der Waals surface area contributed by atoms with Crippen LogP contribution in [-0.4, -0.2) is 47.5 Å². The van der Waals surface area contributed by atoms with Crippen LogP contribution in [0.5, 0.6) is 0 Å². The molecule has 0 heterocycles. The molecule has 0 aromatic carbocycles. The van der Waals surface area contributed by atoms with Crippen molar-refractivity contribution >= 4 is 0 Å². The van der Waals surface area contributed by atoms with Crippen LogP contribution in [0.3, 0.4) is 0 Å². The Morgan fingerprint density at radius 1 is 1.40 bits per heavy atom. The van der Waals surface area contributed by atoms with Gasteiger partial charge in [-0.05, 0) is 20.9 Å². The molecule has 3 heteroatoms. The number of aliphatic hydroxyl groups excluding tert-OH is 2. The topological polar surface area (TPSA) is 43.7 Å². The van der Waals surface area contributed by atoms with Crippen molar-refractivity contribution in [3.8, 4) is 0 Å². The average Bonchev–Trinajstić information content (AvgIpc) is 1.85. The Kier molecular flexibility index (Phi) is 4.60. The summed E-state index contributed by atoms with van der Waals surface area (Å²) in [6.45, 7) is 4.41. The third-order valence-corrected chi connectivity index (χ3v) is 1.57. The van der Waals surface area contributed by atoms with Gasteiger partial charge in [0.15, 0.2) is 0 Å². The summed E-state index contributed by atoms with van der Waals surface area (Å²) < 4.78 is 0. The summed E-state index contributed by atoms with van der Waals surface area (Å²) in [6.07, 6.45) is -0.320. The lowest BCUT2D eigenvalue weighted by Gasteiger charge is -2.23. The van der Waals surface area contributed by atoms with Crippen molar-refractivity contribution in [3.63, 3.8) is 0 Å². The fraction of sp³-hybridized carbons (Fsp3) is 1.00. The second kappa shape index (κ2) is 4.66. The molecule has 0 bridgehead atoms. The number of nitrogens with zero attached hydrogens (tertiary/aromatic N) is 1. The van der Waals surface area contributed by atoms with Crippen molar-refractivity contribution in [3.05, 3.63) is 0 Å². The number of aliphatic hydroxyl groups is 2. The van der Waals surface area contributed by atoms with Gasteiger partial charge in [-0.15, -0.1) is 0 Å². The largest absolute Gasteiger partial charge is 0.395 e. The van der Waals surface area contributed by atoms with Crippen molar-refractivity contribution in [2.45, 2.75) is 26.0 Å². The Morgan fingerprint density at radius 2 is 1.90 bits per heavy atom. The molecule has 0 radical (unpaired) electrons. The van der Waals surface area contributed by atoms with Gasteiger partial charge in [-0.25, -0.2) is 0 Å². The van der Waals surface area contributed by atoms with Gasteiger partial charge in [-0.3, -0.25) is 4.90 Å². The molecule has 3 nitrogen and oxygen atoms in total. The second-order valence-electron chi connectivity index (χ2n) is 2.82. The van der Waals surface area contributed by atoms with Crippen molar-refractivity contribution in [2.24, 2.45) is 0 Å². The Bertz CT molecular complexity index is 85.7. The van der Waals surface area contributed by atoms with Crippen molar-refractivity contribution in [1.29, 1.82) is 0 Å². The third kappa shape index (κ3) is 3.82. The van der Waals surface area contributed by atoms with E-state index in [4.69, 9.17) is 10.2 Å². The zero-order chi connectivity index (χ0) is 8.15. The molecule has 0 saturated heterocycles. The summed E-state index contributed by atoms with van der Waals surface area (Å²) in [6, 6.07) is 0.134. The Morgan fingerprint density at radius 3 is 2.20 bits per heavy atom. The van der Waals surface area contributed by atoms with Crippen LogP contribution in [0.4, 0.5) is 0 Å². The van der Waals surface area contributed by atoms with Crippen molar-refractivity contribution in [1.82, 2.24) is 4.90 Å². The molecule has 62 valence electrons. The summed E-state index contributed by atoms with van der Waals surface area (Å²) >= 11 is 0. The normalized spacial score (nSPS) is 17.4. The van der Waals surface area contributed by atoms with Gasteiger partial charge in [0, 0.05) is 12.6 Å². The monoisotopic (exact) mass is 147 g/mol. The molecule has 0 aromatic heterocycles. The van der Waals surface area contributed by atoms with E-state index in [1.54, 1.807) is 6.92 Å². The molecule has 0 spiro atoms. The lowest BCUT2D eigenvalue weighted by Crippen LogP contribution is -2.36. The molecule has 0 saturated carbocycles. The summed E-state index contributed by atoms with van der Waals surface area (Å²) in [4.78, 5) is 1.92. The molecular weight excluding hydrogens is 130 g/mol. The van der Waals surface area contributed by atoms with Crippen molar-refractivity contribution < 1.29 is 10.2 Å². The Balaban J connectivity index is 3.50. The maximum absolute atomic E-state index is 8.94. The van der Waals surface area contributed by atoms with E-state index >= 15 is 0 Å². The zero-order valence-corrected chi connectivity index (χ0v) is 6.91. The van der Waals surface area contributed by atoms with Gasteiger partial charge in [0.1, 0.15) is 0 Å². The van der Waals surface area contributed by atoms with E-state index in [1.807, 2.05) is 18.9 Å². The smallest absolute Gasteiger partial charge is 0.0639 e. The Hall–Kier alpha value is -0.120. The summed E-state index contributed by atoms with van der Waals surface area (Å²) in [5, 5.41) is 17.6. The first-order chi connectivity index (χ1) is 4.57. The van der Waals surface area contributed by atoms with Gasteiger partial charge in [0.25, 0.3) is 0 Å². The van der Waals surface area contributed by atoms with E-state index in [9.17, 15) is 0 Å². The molecule has 1 unspecified atom stereocenters. The standard InChI is InChI=1S/C7H17NO2/c1-6(5-9)8(3)4-7(2)10/h6-7,9-10H,4-5H2,1-3H3/t6?,7-/m1/s1. The minimum atomic E-state index is -0.320. The molecule has 0 aromatic rings. The first-order valence-corrected chi connectivity index (χ1v) is 3.57. The predicted molar refractivity (Wildman–Crippen MR) is 40.9 cm³/mol. The summed E-state index contributed by atoms with van der Waals surface area (Å²) in [5.74, 6) is 0. The van der Waals surface area contributed by atoms with Gasteiger partial charge < -0.3 is 10.2 Å². The lowest BCUT2D eigenvalue weighted by atomic mass is 10.3. The molecular formula is C7H17NO2. The molecule has 2 atom stereocenters. The van der Waals surface area contributed by atoms with Gasteiger partial charge in [-0.1, -0.05) is 0 Å². The fourth-order valence-corrected chi connectivity index (χ4v) is 0.736. The quantitative estimate of drug-likeness (QED) is 0.573. The zero-order valence-electron chi connectivity index (χ0n) is 6.91. The van der Waals surface area contributed by atoms with E-state index in [1.165, 1.54) is 0 Å². The first-order valence-electron chi connectivity index (χ1n) is 3.57. The maximum atomic E-state index is 8.94. The number of hydrogen-bond acceptors (Lipinski definition) is 3. The molecule has 2 N–H and O–H groups in total. The highest BCUT2D eigenvalue weighted by Gasteiger charge is 2.08. The number of likely N-dealkylation sites (N-methyl/N-ethyl adjacent to an activating group) is 1. The lowest BCUT2D eigenvalue weighted by molar-refractivity contribution is 0.0959. The van der Waals surface area contributed by atoms with Crippen LogP contribution in [0, 0.1) is 0 Å². The van der Waals surface area contributed by atoms with Crippen LogP contribution in [0.15, 0.2) is 0 Å². The predicted octanol–water partition coefficient (Wildman–Crippen LogP) is -0.320. The second-order valence-corrected chi connectivity index (χ2v) is 2.82. The van der Waals surface area contributed by atoms with Crippen LogP contribution in [0.25, 0.3) is 0 Å². The summed E-state index contributed by atoms with van der Waals surface area (Å²) in [5.41, 5.74) is 0. The van der Waals surface area contributed by atoms with Crippen LogP contribution < -0.4 is 0 Å². The van der Waals surface area contributed by atoms with Crippen LogP contribution in [0.2, 0.25) is 0 Å². The Labute approximate surface area is 62.3 Å². The van der Waals surface area contributed by atoms with Gasteiger partial charge in [-0.2, -0.15) is 0 Å². The summed E-state index contributed by atoms with van der Waals surface area (Å²) in [7, 11) is 1.88. The van der Waals surface area contributed by atoms with Crippen molar-refractivity contribution in [2.75, 3.05) is 20.2 Å². The first kappa shape index (κ1) is 9.88. The van der Waals surface area contributed by atoms with Gasteiger partial charge in [0.2, 0.25) is 0 Å². The minimum absolute atomic E-state index is 0.134. The molecule has 0 aliphatic carbocycles. The van der Waals surface area contributed by atoms with Gasteiger partial charge in [0.05, 0.1) is 12.7 Å². The highest BCUT2D eigenvalue weighted by Crippen LogP contribution is 1.95. The molecule has 0 fully saturated rings. The molecule has 0 aliphatic rings. The van der Waals surface area contributed by atoms with E-state index in [-0.39, 0.29) is 18.8 Å². The minimum Gasteiger partial charge on any atom is -0.395 e. The SMILES string of the molecule is CC(CO)N(C)C[C@@H](C)O. The third-order valence-electron chi connectivity index (χ3n) is 1.57. The van der Waals surface area contributed by atoms with E-state index in [0.29, 0.717) is 6.54 Å². The molecule has 0 rings (SSSR count). The van der Waals surface area contributed by atoms with E-state index < -0.39 is 0 Å². The highest BCUT2D eigenvalue weighted by atomic mass is 16.3. The van der Waals surface area contributed by atoms with Crippen LogP contribution in [0.1, 0.15) is 13.8 Å². The van der Waals surface area contributed by atoms with Crippen LogP contribution in [-0.2, 0) is 0 Å². The number of rotatable bonds is 4. The van der Waals surface area contributed by atoms with E-state index in [2.05, 4.69) is 0 Å².